The van der Waals surface area contributed by atoms with Crippen molar-refractivity contribution < 1.29 is 0 Å². The summed E-state index contributed by atoms with van der Waals surface area (Å²) >= 11 is 0. The second-order valence-corrected chi connectivity index (χ2v) is 6.03. The molecule has 1 aliphatic heterocycles. The summed E-state index contributed by atoms with van der Waals surface area (Å²) in [5.41, 5.74) is 6.31. The molecule has 0 amide bonds. The fourth-order valence-electron chi connectivity index (χ4n) is 3.13. The molecule has 1 aromatic heterocycles. The number of nitrogens with one attached hydrogen (secondary N) is 2. The maximum absolute atomic E-state index is 4.43. The van der Waals surface area contributed by atoms with Crippen LogP contribution in [0.2, 0.25) is 0 Å². The molecule has 0 fully saturated rings. The van der Waals surface area contributed by atoms with Gasteiger partial charge in [0.1, 0.15) is 12.1 Å². The lowest BCUT2D eigenvalue weighted by atomic mass is 9.98. The fraction of sp³-hybridized carbons (Fsp3) is 0.200. The molecule has 0 atom stereocenters. The normalized spacial score (nSPS) is 13.3. The van der Waals surface area contributed by atoms with Gasteiger partial charge < -0.3 is 10.6 Å². The molecule has 0 spiro atoms. The summed E-state index contributed by atoms with van der Waals surface area (Å²) in [5, 5.41) is 6.88. The summed E-state index contributed by atoms with van der Waals surface area (Å²) in [6.07, 6.45) is 4.56. The average Bonchev–Trinajstić information content (AvgIpc) is 2.67. The molecule has 3 aromatic rings. The zero-order valence-corrected chi connectivity index (χ0v) is 13.5. The van der Waals surface area contributed by atoms with Gasteiger partial charge >= 0.3 is 0 Å². The number of fused-ring (bicyclic) bond motifs is 1. The van der Waals surface area contributed by atoms with Gasteiger partial charge in [-0.2, -0.15) is 0 Å². The summed E-state index contributed by atoms with van der Waals surface area (Å²) in [6.45, 7) is 2.80. The van der Waals surface area contributed by atoms with E-state index in [2.05, 4.69) is 50.9 Å². The zero-order valence-electron chi connectivity index (χ0n) is 13.5. The quantitative estimate of drug-likeness (QED) is 0.774. The van der Waals surface area contributed by atoms with E-state index in [1.807, 2.05) is 24.4 Å². The van der Waals surface area contributed by atoms with Crippen molar-refractivity contribution in [2.75, 3.05) is 11.9 Å². The smallest absolute Gasteiger partial charge is 0.137 e. The molecule has 4 nitrogen and oxygen atoms in total. The number of anilines is 1. The lowest BCUT2D eigenvalue weighted by Gasteiger charge is -2.18. The number of hydrogen-bond donors (Lipinski definition) is 2. The Kier molecular flexibility index (Phi) is 4.21. The van der Waals surface area contributed by atoms with E-state index < -0.39 is 0 Å². The minimum Gasteiger partial charge on any atom is -0.365 e. The van der Waals surface area contributed by atoms with Crippen LogP contribution >= 0.6 is 0 Å². The highest BCUT2D eigenvalue weighted by atomic mass is 15.0. The second kappa shape index (κ2) is 6.81. The van der Waals surface area contributed by atoms with Crippen molar-refractivity contribution in [2.24, 2.45) is 0 Å². The van der Waals surface area contributed by atoms with Gasteiger partial charge in [0.2, 0.25) is 0 Å². The Bertz CT molecular complexity index is 830. The first kappa shape index (κ1) is 14.8. The van der Waals surface area contributed by atoms with E-state index >= 15 is 0 Å². The fourth-order valence-corrected chi connectivity index (χ4v) is 3.13. The van der Waals surface area contributed by atoms with Crippen LogP contribution in [0.15, 0.2) is 61.1 Å². The Morgan fingerprint density at radius 3 is 2.88 bits per heavy atom. The number of nitrogens with zero attached hydrogens (tertiary/aromatic N) is 2. The summed E-state index contributed by atoms with van der Waals surface area (Å²) < 4.78 is 0. The van der Waals surface area contributed by atoms with Crippen molar-refractivity contribution in [2.45, 2.75) is 19.5 Å². The van der Waals surface area contributed by atoms with Crippen LogP contribution in [0.3, 0.4) is 0 Å². The first-order valence-corrected chi connectivity index (χ1v) is 8.31. The topological polar surface area (TPSA) is 49.8 Å². The zero-order chi connectivity index (χ0) is 16.2. The lowest BCUT2D eigenvalue weighted by Crippen LogP contribution is -2.23. The standard InChI is InChI=1S/C20H20N4/c1-2-4-16(5-3-1)19-13-22-14-24-20(19)23-11-15-6-7-18-12-21-9-8-17(18)10-15/h1-7,10,13-14,21H,8-9,11-12H2,(H,22,23,24). The van der Waals surface area contributed by atoms with Gasteiger partial charge in [-0.25, -0.2) is 9.97 Å². The molecular formula is C20H20N4. The van der Waals surface area contributed by atoms with Crippen molar-refractivity contribution in [3.8, 4) is 11.1 Å². The molecule has 0 bridgehead atoms. The second-order valence-electron chi connectivity index (χ2n) is 6.03. The molecule has 0 radical (unpaired) electrons. The minimum atomic E-state index is 0.761. The minimum absolute atomic E-state index is 0.761. The third-order valence-corrected chi connectivity index (χ3v) is 4.41. The van der Waals surface area contributed by atoms with E-state index in [0.29, 0.717) is 0 Å². The van der Waals surface area contributed by atoms with E-state index in [0.717, 1.165) is 43.0 Å². The molecule has 0 saturated heterocycles. The molecule has 4 rings (SSSR count). The van der Waals surface area contributed by atoms with Crippen LogP contribution in [0.1, 0.15) is 16.7 Å². The molecule has 1 aliphatic rings. The van der Waals surface area contributed by atoms with Crippen LogP contribution in [0.4, 0.5) is 5.82 Å². The highest BCUT2D eigenvalue weighted by Gasteiger charge is 2.10. The number of aromatic nitrogens is 2. The van der Waals surface area contributed by atoms with Gasteiger partial charge in [0.15, 0.2) is 0 Å². The molecule has 0 saturated carbocycles. The SMILES string of the molecule is c1ccc(-c2cncnc2NCc2ccc3c(c2)CCNC3)cc1. The highest BCUT2D eigenvalue weighted by Crippen LogP contribution is 2.25. The van der Waals surface area contributed by atoms with Gasteiger partial charge in [-0.15, -0.1) is 0 Å². The van der Waals surface area contributed by atoms with Gasteiger partial charge in [-0.3, -0.25) is 0 Å². The van der Waals surface area contributed by atoms with Gasteiger partial charge in [0, 0.05) is 24.8 Å². The van der Waals surface area contributed by atoms with Crippen LogP contribution in [0.5, 0.6) is 0 Å². The Morgan fingerprint density at radius 1 is 1.04 bits per heavy atom. The lowest BCUT2D eigenvalue weighted by molar-refractivity contribution is 0.643. The van der Waals surface area contributed by atoms with E-state index in [9.17, 15) is 0 Å². The highest BCUT2D eigenvalue weighted by molar-refractivity contribution is 5.74. The summed E-state index contributed by atoms with van der Waals surface area (Å²) in [5.74, 6) is 0.871. The molecule has 2 N–H and O–H groups in total. The Morgan fingerprint density at radius 2 is 1.96 bits per heavy atom. The Hall–Kier alpha value is -2.72. The number of rotatable bonds is 4. The summed E-state index contributed by atoms with van der Waals surface area (Å²) in [6, 6.07) is 17.0. The first-order valence-electron chi connectivity index (χ1n) is 8.31. The van der Waals surface area contributed by atoms with Gasteiger partial charge in [-0.05, 0) is 35.2 Å². The van der Waals surface area contributed by atoms with Crippen molar-refractivity contribution in [3.05, 3.63) is 77.7 Å². The maximum Gasteiger partial charge on any atom is 0.137 e. The third kappa shape index (κ3) is 3.14. The largest absolute Gasteiger partial charge is 0.365 e. The molecule has 2 aromatic carbocycles. The van der Waals surface area contributed by atoms with Crippen molar-refractivity contribution in [1.82, 2.24) is 15.3 Å². The Balaban J connectivity index is 1.54. The maximum atomic E-state index is 4.43. The third-order valence-electron chi connectivity index (χ3n) is 4.41. The van der Waals surface area contributed by atoms with E-state index in [1.54, 1.807) is 6.33 Å². The van der Waals surface area contributed by atoms with Crippen molar-refractivity contribution >= 4 is 5.82 Å². The molecule has 0 unspecified atom stereocenters. The van der Waals surface area contributed by atoms with Crippen LogP contribution < -0.4 is 10.6 Å². The predicted molar refractivity (Wildman–Crippen MR) is 96.6 cm³/mol. The van der Waals surface area contributed by atoms with Gasteiger partial charge in [0.05, 0.1) is 0 Å². The van der Waals surface area contributed by atoms with E-state index in [1.165, 1.54) is 16.7 Å². The van der Waals surface area contributed by atoms with Crippen LogP contribution in [0.25, 0.3) is 11.1 Å². The molecular weight excluding hydrogens is 296 g/mol. The monoisotopic (exact) mass is 316 g/mol. The van der Waals surface area contributed by atoms with Crippen LogP contribution in [-0.2, 0) is 19.5 Å². The number of hydrogen-bond acceptors (Lipinski definition) is 4. The molecule has 120 valence electrons. The molecule has 4 heteroatoms. The van der Waals surface area contributed by atoms with E-state index in [-0.39, 0.29) is 0 Å². The first-order chi connectivity index (χ1) is 11.9. The summed E-state index contributed by atoms with van der Waals surface area (Å²) in [4.78, 5) is 8.60. The molecule has 0 aliphatic carbocycles. The van der Waals surface area contributed by atoms with Crippen molar-refractivity contribution in [3.63, 3.8) is 0 Å². The van der Waals surface area contributed by atoms with Crippen LogP contribution in [0, 0.1) is 0 Å². The van der Waals surface area contributed by atoms with E-state index in [4.69, 9.17) is 0 Å². The molecule has 24 heavy (non-hydrogen) atoms. The summed E-state index contributed by atoms with van der Waals surface area (Å²) in [7, 11) is 0. The van der Waals surface area contributed by atoms with Crippen molar-refractivity contribution in [1.29, 1.82) is 0 Å². The van der Waals surface area contributed by atoms with Gasteiger partial charge in [0.25, 0.3) is 0 Å². The van der Waals surface area contributed by atoms with Crippen LogP contribution in [-0.4, -0.2) is 16.5 Å². The van der Waals surface area contributed by atoms with Gasteiger partial charge in [-0.1, -0.05) is 48.5 Å². The average molecular weight is 316 g/mol. The Labute approximate surface area is 142 Å². The predicted octanol–water partition coefficient (Wildman–Crippen LogP) is 3.40. The number of benzene rings is 2. The molecule has 2 heterocycles.